The maximum Gasteiger partial charge on any atom is 0.0823 e. The topological polar surface area (TPSA) is 38.0 Å². The van der Waals surface area contributed by atoms with Gasteiger partial charge >= 0.3 is 0 Å². The zero-order valence-electron chi connectivity index (χ0n) is 14.3. The summed E-state index contributed by atoms with van der Waals surface area (Å²) in [6.45, 7) is 4.23. The molecule has 0 aromatic carbocycles. The standard InChI is InChI=1S/C18H34N2O/c1-4-5-6-7-8-9-10-11-12-13-14-18(21)17-15-20(3)19-16(17)2/h15,18,21H,4-14H2,1-3H3. The molecular weight excluding hydrogens is 260 g/mol. The van der Waals surface area contributed by atoms with E-state index in [0.29, 0.717) is 0 Å². The molecule has 1 heterocycles. The van der Waals surface area contributed by atoms with Crippen molar-refractivity contribution in [1.29, 1.82) is 0 Å². The molecule has 0 amide bonds. The predicted octanol–water partition coefficient (Wildman–Crippen LogP) is 5.07. The van der Waals surface area contributed by atoms with Crippen LogP contribution in [0.5, 0.6) is 0 Å². The highest BCUT2D eigenvalue weighted by atomic mass is 16.3. The van der Waals surface area contributed by atoms with E-state index in [1.54, 1.807) is 4.68 Å². The molecule has 1 aromatic rings. The molecule has 1 unspecified atom stereocenters. The lowest BCUT2D eigenvalue weighted by Gasteiger charge is -2.09. The zero-order chi connectivity index (χ0) is 15.5. The van der Waals surface area contributed by atoms with E-state index in [0.717, 1.165) is 24.1 Å². The molecule has 0 aliphatic carbocycles. The van der Waals surface area contributed by atoms with Crippen LogP contribution in [-0.2, 0) is 7.05 Å². The molecule has 3 heteroatoms. The molecule has 1 N–H and O–H groups in total. The van der Waals surface area contributed by atoms with Gasteiger partial charge in [-0.25, -0.2) is 0 Å². The van der Waals surface area contributed by atoms with Crippen molar-refractivity contribution in [3.63, 3.8) is 0 Å². The van der Waals surface area contributed by atoms with Crippen LogP contribution in [0.2, 0.25) is 0 Å². The highest BCUT2D eigenvalue weighted by Crippen LogP contribution is 2.22. The van der Waals surface area contributed by atoms with Gasteiger partial charge in [0.2, 0.25) is 0 Å². The molecule has 0 bridgehead atoms. The number of nitrogens with zero attached hydrogens (tertiary/aromatic N) is 2. The molecule has 0 radical (unpaired) electrons. The Balaban J connectivity index is 1.98. The highest BCUT2D eigenvalue weighted by molar-refractivity contribution is 5.18. The van der Waals surface area contributed by atoms with Gasteiger partial charge in [0.15, 0.2) is 0 Å². The fraction of sp³-hybridized carbons (Fsp3) is 0.833. The third-order valence-corrected chi connectivity index (χ3v) is 4.24. The van der Waals surface area contributed by atoms with Crippen LogP contribution >= 0.6 is 0 Å². The first-order valence-corrected chi connectivity index (χ1v) is 8.83. The molecule has 0 saturated heterocycles. The minimum atomic E-state index is -0.340. The normalized spacial score (nSPS) is 12.8. The molecule has 0 spiro atoms. The van der Waals surface area contributed by atoms with E-state index in [-0.39, 0.29) is 6.10 Å². The summed E-state index contributed by atoms with van der Waals surface area (Å²) in [7, 11) is 1.91. The van der Waals surface area contributed by atoms with Gasteiger partial charge in [-0.1, -0.05) is 71.1 Å². The largest absolute Gasteiger partial charge is 0.388 e. The second kappa shape index (κ2) is 10.8. The molecule has 0 aliphatic rings. The van der Waals surface area contributed by atoms with Gasteiger partial charge in [0.05, 0.1) is 11.8 Å². The Morgan fingerprint density at radius 3 is 2.00 bits per heavy atom. The lowest BCUT2D eigenvalue weighted by Crippen LogP contribution is -1.98. The van der Waals surface area contributed by atoms with Gasteiger partial charge < -0.3 is 5.11 Å². The van der Waals surface area contributed by atoms with Crippen molar-refractivity contribution in [2.75, 3.05) is 0 Å². The molecule has 3 nitrogen and oxygen atoms in total. The van der Waals surface area contributed by atoms with E-state index in [1.165, 1.54) is 57.8 Å². The average molecular weight is 294 g/mol. The SMILES string of the molecule is CCCCCCCCCCCCC(O)c1cn(C)nc1C. The van der Waals surface area contributed by atoms with Gasteiger partial charge in [0, 0.05) is 18.8 Å². The Hall–Kier alpha value is -0.830. The Kier molecular flexibility index (Phi) is 9.40. The first kappa shape index (κ1) is 18.2. The van der Waals surface area contributed by atoms with E-state index in [2.05, 4.69) is 12.0 Å². The van der Waals surface area contributed by atoms with Crippen LogP contribution in [0.3, 0.4) is 0 Å². The van der Waals surface area contributed by atoms with Crippen molar-refractivity contribution in [3.05, 3.63) is 17.5 Å². The second-order valence-electron chi connectivity index (χ2n) is 6.33. The number of aliphatic hydroxyl groups excluding tert-OH is 1. The number of hydrogen-bond acceptors (Lipinski definition) is 2. The van der Waals surface area contributed by atoms with Crippen molar-refractivity contribution in [3.8, 4) is 0 Å². The van der Waals surface area contributed by atoms with E-state index in [1.807, 2.05) is 20.2 Å². The highest BCUT2D eigenvalue weighted by Gasteiger charge is 2.12. The van der Waals surface area contributed by atoms with Crippen molar-refractivity contribution in [2.24, 2.45) is 7.05 Å². The summed E-state index contributed by atoms with van der Waals surface area (Å²) < 4.78 is 1.78. The number of aliphatic hydroxyl groups is 1. The third kappa shape index (κ3) is 7.66. The summed E-state index contributed by atoms with van der Waals surface area (Å²) in [4.78, 5) is 0. The minimum absolute atomic E-state index is 0.340. The van der Waals surface area contributed by atoms with Crippen LogP contribution in [0.1, 0.15) is 94.9 Å². The van der Waals surface area contributed by atoms with Crippen LogP contribution in [0.4, 0.5) is 0 Å². The molecule has 21 heavy (non-hydrogen) atoms. The Morgan fingerprint density at radius 2 is 1.52 bits per heavy atom. The summed E-state index contributed by atoms with van der Waals surface area (Å²) in [6.07, 6.45) is 15.8. The molecule has 1 aromatic heterocycles. The number of unbranched alkanes of at least 4 members (excludes halogenated alkanes) is 9. The first-order valence-electron chi connectivity index (χ1n) is 8.83. The number of aryl methyl sites for hydroxylation is 2. The number of rotatable bonds is 12. The predicted molar refractivity (Wildman–Crippen MR) is 89.4 cm³/mol. The average Bonchev–Trinajstić information content (AvgIpc) is 2.79. The quantitative estimate of drug-likeness (QED) is 0.546. The van der Waals surface area contributed by atoms with Crippen LogP contribution in [-0.4, -0.2) is 14.9 Å². The maximum absolute atomic E-state index is 10.2. The minimum Gasteiger partial charge on any atom is -0.388 e. The van der Waals surface area contributed by atoms with Gasteiger partial charge in [0.25, 0.3) is 0 Å². The van der Waals surface area contributed by atoms with E-state index < -0.39 is 0 Å². The van der Waals surface area contributed by atoms with Crippen LogP contribution in [0.15, 0.2) is 6.20 Å². The van der Waals surface area contributed by atoms with Crippen LogP contribution in [0.25, 0.3) is 0 Å². The van der Waals surface area contributed by atoms with Gasteiger partial charge in [-0.05, 0) is 13.3 Å². The lowest BCUT2D eigenvalue weighted by atomic mass is 10.0. The van der Waals surface area contributed by atoms with Crippen molar-refractivity contribution in [1.82, 2.24) is 9.78 Å². The fourth-order valence-corrected chi connectivity index (χ4v) is 2.93. The van der Waals surface area contributed by atoms with Gasteiger partial charge in [-0.3, -0.25) is 4.68 Å². The summed E-state index contributed by atoms with van der Waals surface area (Å²) >= 11 is 0. The third-order valence-electron chi connectivity index (χ3n) is 4.24. The molecule has 1 rings (SSSR count). The molecule has 0 aliphatic heterocycles. The van der Waals surface area contributed by atoms with Gasteiger partial charge in [-0.15, -0.1) is 0 Å². The molecule has 0 saturated carbocycles. The summed E-state index contributed by atoms with van der Waals surface area (Å²) in [6, 6.07) is 0. The zero-order valence-corrected chi connectivity index (χ0v) is 14.3. The molecular formula is C18H34N2O. The Bertz CT molecular complexity index is 373. The maximum atomic E-state index is 10.2. The molecule has 1 atom stereocenters. The van der Waals surface area contributed by atoms with Crippen molar-refractivity contribution < 1.29 is 5.11 Å². The Morgan fingerprint density at radius 1 is 1.00 bits per heavy atom. The van der Waals surface area contributed by atoms with E-state index in [9.17, 15) is 5.11 Å². The van der Waals surface area contributed by atoms with Crippen molar-refractivity contribution >= 4 is 0 Å². The molecule has 122 valence electrons. The van der Waals surface area contributed by atoms with Gasteiger partial charge in [0.1, 0.15) is 0 Å². The lowest BCUT2D eigenvalue weighted by molar-refractivity contribution is 0.162. The summed E-state index contributed by atoms with van der Waals surface area (Å²) in [5, 5.41) is 14.5. The van der Waals surface area contributed by atoms with E-state index in [4.69, 9.17) is 0 Å². The second-order valence-corrected chi connectivity index (χ2v) is 6.33. The Labute approximate surface area is 130 Å². The first-order chi connectivity index (χ1) is 10.1. The van der Waals surface area contributed by atoms with Crippen LogP contribution in [0, 0.1) is 6.92 Å². The monoisotopic (exact) mass is 294 g/mol. The van der Waals surface area contributed by atoms with Gasteiger partial charge in [-0.2, -0.15) is 5.10 Å². The fourth-order valence-electron chi connectivity index (χ4n) is 2.93. The number of aromatic nitrogens is 2. The molecule has 0 fully saturated rings. The van der Waals surface area contributed by atoms with Crippen molar-refractivity contribution in [2.45, 2.75) is 90.6 Å². The summed E-state index contributed by atoms with van der Waals surface area (Å²) in [5.74, 6) is 0. The number of hydrogen-bond donors (Lipinski definition) is 1. The summed E-state index contributed by atoms with van der Waals surface area (Å²) in [5.41, 5.74) is 1.95. The smallest absolute Gasteiger partial charge is 0.0823 e. The van der Waals surface area contributed by atoms with Crippen LogP contribution < -0.4 is 0 Å². The van der Waals surface area contributed by atoms with E-state index >= 15 is 0 Å².